The van der Waals surface area contributed by atoms with Gasteiger partial charge < -0.3 is 10.0 Å². The number of nitrogens with zero attached hydrogens (tertiary/aromatic N) is 1. The Hall–Kier alpha value is -1.84. The van der Waals surface area contributed by atoms with Crippen LogP contribution in [0, 0.1) is 19.8 Å². The lowest BCUT2D eigenvalue weighted by atomic mass is 10.1. The van der Waals surface area contributed by atoms with Crippen LogP contribution in [-0.2, 0) is 9.59 Å². The molecule has 1 unspecified atom stereocenters. The number of hydrogen-bond donors (Lipinski definition) is 1. The maximum atomic E-state index is 11.9. The number of benzene rings is 1. The molecule has 0 heterocycles. The Morgan fingerprint density at radius 2 is 1.89 bits per heavy atom. The standard InChI is InChI=1S/C14H19NO3/c1-9-5-6-12(7-10(9)2)15(4)13(16)8-11(3)14(17)18/h5-7,11H,8H2,1-4H3,(H,17,18). The number of anilines is 1. The van der Waals surface area contributed by atoms with Crippen LogP contribution >= 0.6 is 0 Å². The van der Waals surface area contributed by atoms with Gasteiger partial charge in [-0.1, -0.05) is 13.0 Å². The normalized spacial score (nSPS) is 12.0. The molecule has 0 aliphatic rings. The van der Waals surface area contributed by atoms with Crippen molar-refractivity contribution in [1.29, 1.82) is 0 Å². The topological polar surface area (TPSA) is 57.6 Å². The van der Waals surface area contributed by atoms with Crippen molar-refractivity contribution in [2.45, 2.75) is 27.2 Å². The lowest BCUT2D eigenvalue weighted by Gasteiger charge is -2.19. The summed E-state index contributed by atoms with van der Waals surface area (Å²) >= 11 is 0. The fraction of sp³-hybridized carbons (Fsp3) is 0.429. The van der Waals surface area contributed by atoms with E-state index in [0.29, 0.717) is 0 Å². The first kappa shape index (κ1) is 14.2. The second-order valence-electron chi connectivity index (χ2n) is 4.66. The summed E-state index contributed by atoms with van der Waals surface area (Å²) in [6.07, 6.45) is 0.0127. The van der Waals surface area contributed by atoms with Crippen LogP contribution in [0.25, 0.3) is 0 Å². The quantitative estimate of drug-likeness (QED) is 0.891. The number of amides is 1. The van der Waals surface area contributed by atoms with Crippen molar-refractivity contribution in [2.24, 2.45) is 5.92 Å². The second kappa shape index (κ2) is 5.67. The van der Waals surface area contributed by atoms with E-state index in [1.54, 1.807) is 7.05 Å². The lowest BCUT2D eigenvalue weighted by molar-refractivity contribution is -0.143. The van der Waals surface area contributed by atoms with Gasteiger partial charge >= 0.3 is 5.97 Å². The summed E-state index contributed by atoms with van der Waals surface area (Å²) in [6.45, 7) is 5.53. The zero-order valence-corrected chi connectivity index (χ0v) is 11.2. The number of carbonyl (C=O) groups is 2. The number of carboxylic acid groups (broad SMARTS) is 1. The number of carboxylic acids is 1. The molecule has 0 aliphatic heterocycles. The molecule has 0 fully saturated rings. The zero-order valence-electron chi connectivity index (χ0n) is 11.2. The molecule has 4 heteroatoms. The van der Waals surface area contributed by atoms with Gasteiger partial charge in [-0.05, 0) is 37.1 Å². The van der Waals surface area contributed by atoms with E-state index in [0.717, 1.165) is 11.3 Å². The van der Waals surface area contributed by atoms with E-state index >= 15 is 0 Å². The fourth-order valence-corrected chi connectivity index (χ4v) is 1.56. The largest absolute Gasteiger partial charge is 0.481 e. The molecule has 1 N–H and O–H groups in total. The third-order valence-corrected chi connectivity index (χ3v) is 3.15. The molecule has 0 aliphatic carbocycles. The van der Waals surface area contributed by atoms with Gasteiger partial charge in [-0.2, -0.15) is 0 Å². The van der Waals surface area contributed by atoms with Crippen molar-refractivity contribution in [3.8, 4) is 0 Å². The highest BCUT2D eigenvalue weighted by molar-refractivity contribution is 5.94. The van der Waals surface area contributed by atoms with Crippen LogP contribution in [0.2, 0.25) is 0 Å². The van der Waals surface area contributed by atoms with Gasteiger partial charge in [0.15, 0.2) is 0 Å². The van der Waals surface area contributed by atoms with E-state index in [1.165, 1.54) is 17.4 Å². The Bertz CT molecular complexity index is 468. The molecular formula is C14H19NO3. The number of aliphatic carboxylic acids is 1. The molecule has 98 valence electrons. The third-order valence-electron chi connectivity index (χ3n) is 3.15. The summed E-state index contributed by atoms with van der Waals surface area (Å²) in [7, 11) is 1.67. The maximum Gasteiger partial charge on any atom is 0.306 e. The molecule has 0 spiro atoms. The van der Waals surface area contributed by atoms with Gasteiger partial charge in [-0.3, -0.25) is 9.59 Å². The molecule has 0 bridgehead atoms. The Balaban J connectivity index is 2.80. The van der Waals surface area contributed by atoms with E-state index in [2.05, 4.69) is 0 Å². The highest BCUT2D eigenvalue weighted by Gasteiger charge is 2.19. The van der Waals surface area contributed by atoms with Crippen LogP contribution in [0.4, 0.5) is 5.69 Å². The second-order valence-corrected chi connectivity index (χ2v) is 4.66. The van der Waals surface area contributed by atoms with Crippen molar-refractivity contribution in [1.82, 2.24) is 0 Å². The number of hydrogen-bond acceptors (Lipinski definition) is 2. The van der Waals surface area contributed by atoms with Crippen molar-refractivity contribution in [3.05, 3.63) is 29.3 Å². The van der Waals surface area contributed by atoms with E-state index in [4.69, 9.17) is 5.11 Å². The number of rotatable bonds is 4. The Morgan fingerprint density at radius 1 is 1.28 bits per heavy atom. The SMILES string of the molecule is Cc1ccc(N(C)C(=O)CC(C)C(=O)O)cc1C. The molecule has 0 saturated heterocycles. The first-order valence-corrected chi connectivity index (χ1v) is 5.89. The van der Waals surface area contributed by atoms with Crippen molar-refractivity contribution in [3.63, 3.8) is 0 Å². The minimum atomic E-state index is -0.947. The third kappa shape index (κ3) is 3.32. The van der Waals surface area contributed by atoms with Crippen LogP contribution in [0.5, 0.6) is 0 Å². The fourth-order valence-electron chi connectivity index (χ4n) is 1.56. The molecule has 1 amide bonds. The Morgan fingerprint density at radius 3 is 2.39 bits per heavy atom. The van der Waals surface area contributed by atoms with Gasteiger partial charge in [-0.25, -0.2) is 0 Å². The lowest BCUT2D eigenvalue weighted by Crippen LogP contribution is -2.29. The van der Waals surface area contributed by atoms with Crippen LogP contribution in [-0.4, -0.2) is 24.0 Å². The van der Waals surface area contributed by atoms with E-state index < -0.39 is 11.9 Å². The zero-order chi connectivity index (χ0) is 13.9. The molecule has 0 radical (unpaired) electrons. The van der Waals surface area contributed by atoms with E-state index in [9.17, 15) is 9.59 Å². The van der Waals surface area contributed by atoms with Crippen molar-refractivity contribution >= 4 is 17.6 Å². The first-order chi connectivity index (χ1) is 8.32. The van der Waals surface area contributed by atoms with Gasteiger partial charge in [0.2, 0.25) is 5.91 Å². The molecule has 1 atom stereocenters. The van der Waals surface area contributed by atoms with E-state index in [1.807, 2.05) is 32.0 Å². The van der Waals surface area contributed by atoms with Crippen LogP contribution in [0.1, 0.15) is 24.5 Å². The Labute approximate surface area is 107 Å². The molecule has 4 nitrogen and oxygen atoms in total. The smallest absolute Gasteiger partial charge is 0.306 e. The van der Waals surface area contributed by atoms with Gasteiger partial charge in [0, 0.05) is 19.2 Å². The molecule has 1 aromatic carbocycles. The predicted octanol–water partition coefficient (Wildman–Crippen LogP) is 2.38. The first-order valence-electron chi connectivity index (χ1n) is 5.89. The van der Waals surface area contributed by atoms with Gasteiger partial charge in [0.05, 0.1) is 5.92 Å². The molecular weight excluding hydrogens is 230 g/mol. The summed E-state index contributed by atoms with van der Waals surface area (Å²) < 4.78 is 0. The average Bonchev–Trinajstić information content (AvgIpc) is 2.31. The summed E-state index contributed by atoms with van der Waals surface area (Å²) in [5.41, 5.74) is 3.07. The van der Waals surface area contributed by atoms with Crippen LogP contribution in [0.15, 0.2) is 18.2 Å². The van der Waals surface area contributed by atoms with Crippen molar-refractivity contribution < 1.29 is 14.7 Å². The van der Waals surface area contributed by atoms with Gasteiger partial charge in [0.25, 0.3) is 0 Å². The van der Waals surface area contributed by atoms with Gasteiger partial charge in [-0.15, -0.1) is 0 Å². The number of carbonyl (C=O) groups excluding carboxylic acids is 1. The summed E-state index contributed by atoms with van der Waals surface area (Å²) in [4.78, 5) is 24.1. The average molecular weight is 249 g/mol. The van der Waals surface area contributed by atoms with E-state index in [-0.39, 0.29) is 12.3 Å². The molecule has 0 saturated carbocycles. The number of aryl methyl sites for hydroxylation is 2. The minimum Gasteiger partial charge on any atom is -0.481 e. The van der Waals surface area contributed by atoms with Gasteiger partial charge in [0.1, 0.15) is 0 Å². The maximum absolute atomic E-state index is 11.9. The monoisotopic (exact) mass is 249 g/mol. The summed E-state index contributed by atoms with van der Waals surface area (Å²) in [6, 6.07) is 5.75. The molecule has 0 aromatic heterocycles. The summed E-state index contributed by atoms with van der Waals surface area (Å²) in [5, 5.41) is 8.79. The molecule has 1 aromatic rings. The molecule has 1 rings (SSSR count). The molecule has 18 heavy (non-hydrogen) atoms. The minimum absolute atomic E-state index is 0.0127. The predicted molar refractivity (Wildman–Crippen MR) is 70.7 cm³/mol. The summed E-state index contributed by atoms with van der Waals surface area (Å²) in [5.74, 6) is -1.79. The highest BCUT2D eigenvalue weighted by Crippen LogP contribution is 2.19. The van der Waals surface area contributed by atoms with Crippen molar-refractivity contribution in [2.75, 3.05) is 11.9 Å². The highest BCUT2D eigenvalue weighted by atomic mass is 16.4. The van der Waals surface area contributed by atoms with Crippen LogP contribution < -0.4 is 4.90 Å². The van der Waals surface area contributed by atoms with Crippen LogP contribution in [0.3, 0.4) is 0 Å². The Kier molecular flexibility index (Phi) is 4.48.